The van der Waals surface area contributed by atoms with Crippen molar-refractivity contribution in [2.24, 2.45) is 11.8 Å². The molecule has 1 saturated carbocycles. The van der Waals surface area contributed by atoms with Crippen molar-refractivity contribution in [3.8, 4) is 0 Å². The second-order valence-electron chi connectivity index (χ2n) is 6.00. The smallest absolute Gasteiger partial charge is 0.322 e. The normalized spacial score (nSPS) is 26.1. The molecule has 1 aliphatic carbocycles. The van der Waals surface area contributed by atoms with Crippen LogP contribution in [0.5, 0.6) is 0 Å². The van der Waals surface area contributed by atoms with Crippen LogP contribution >= 0.6 is 0 Å². The third-order valence-electron chi connectivity index (χ3n) is 3.71. The lowest BCUT2D eigenvalue weighted by Crippen LogP contribution is -2.44. The van der Waals surface area contributed by atoms with Gasteiger partial charge in [-0.2, -0.15) is 0 Å². The molecule has 1 fully saturated rings. The molecule has 0 saturated heterocycles. The second-order valence-corrected chi connectivity index (χ2v) is 6.00. The Hall–Kier alpha value is -0.570. The zero-order valence-corrected chi connectivity index (χ0v) is 12.4. The van der Waals surface area contributed by atoms with Gasteiger partial charge in [0.15, 0.2) is 0 Å². The molecule has 0 aromatic rings. The zero-order chi connectivity index (χ0) is 13.5. The SMILES string of the molecule is CCOC(=O)C(C)NC1CCCC(CC(C)C)C1. The fraction of sp³-hybridized carbons (Fsp3) is 0.933. The minimum Gasteiger partial charge on any atom is -0.465 e. The summed E-state index contributed by atoms with van der Waals surface area (Å²) in [5, 5.41) is 3.43. The van der Waals surface area contributed by atoms with Gasteiger partial charge >= 0.3 is 5.97 Å². The van der Waals surface area contributed by atoms with E-state index in [4.69, 9.17) is 4.74 Å². The van der Waals surface area contributed by atoms with Gasteiger partial charge in [-0.15, -0.1) is 0 Å². The van der Waals surface area contributed by atoms with E-state index in [2.05, 4.69) is 19.2 Å². The summed E-state index contributed by atoms with van der Waals surface area (Å²) in [4.78, 5) is 11.6. The number of hydrogen-bond donors (Lipinski definition) is 1. The Kier molecular flexibility index (Phi) is 6.69. The maximum Gasteiger partial charge on any atom is 0.322 e. The van der Waals surface area contributed by atoms with Crippen LogP contribution in [0.4, 0.5) is 0 Å². The van der Waals surface area contributed by atoms with Gasteiger partial charge in [-0.3, -0.25) is 4.79 Å². The summed E-state index contributed by atoms with van der Waals surface area (Å²) in [6.45, 7) is 8.80. The Morgan fingerprint density at radius 1 is 1.33 bits per heavy atom. The summed E-state index contributed by atoms with van der Waals surface area (Å²) >= 11 is 0. The molecular weight excluding hydrogens is 226 g/mol. The second kappa shape index (κ2) is 7.78. The lowest BCUT2D eigenvalue weighted by atomic mass is 9.81. The van der Waals surface area contributed by atoms with Gasteiger partial charge in [-0.25, -0.2) is 0 Å². The van der Waals surface area contributed by atoms with E-state index >= 15 is 0 Å². The van der Waals surface area contributed by atoms with Gasteiger partial charge in [0.2, 0.25) is 0 Å². The van der Waals surface area contributed by atoms with E-state index in [0.29, 0.717) is 12.6 Å². The minimum absolute atomic E-state index is 0.122. The molecule has 0 amide bonds. The molecule has 1 N–H and O–H groups in total. The van der Waals surface area contributed by atoms with Crippen molar-refractivity contribution < 1.29 is 9.53 Å². The van der Waals surface area contributed by atoms with Crippen LogP contribution in [-0.2, 0) is 9.53 Å². The first kappa shape index (κ1) is 15.5. The van der Waals surface area contributed by atoms with Crippen molar-refractivity contribution in [3.05, 3.63) is 0 Å². The summed E-state index contributed by atoms with van der Waals surface area (Å²) in [6.07, 6.45) is 6.35. The molecule has 0 bridgehead atoms. The third-order valence-corrected chi connectivity index (χ3v) is 3.71. The summed E-state index contributed by atoms with van der Waals surface area (Å²) in [5.74, 6) is 1.48. The molecule has 106 valence electrons. The molecule has 1 rings (SSSR count). The van der Waals surface area contributed by atoms with Crippen LogP contribution in [-0.4, -0.2) is 24.7 Å². The van der Waals surface area contributed by atoms with Crippen LogP contribution in [0.1, 0.15) is 59.8 Å². The molecule has 0 radical (unpaired) electrons. The predicted octanol–water partition coefficient (Wildman–Crippen LogP) is 3.13. The lowest BCUT2D eigenvalue weighted by Gasteiger charge is -2.32. The number of hydrogen-bond acceptors (Lipinski definition) is 3. The third kappa shape index (κ3) is 5.38. The highest BCUT2D eigenvalue weighted by Crippen LogP contribution is 2.29. The number of carbonyl (C=O) groups excluding carboxylic acids is 1. The highest BCUT2D eigenvalue weighted by Gasteiger charge is 2.25. The highest BCUT2D eigenvalue weighted by atomic mass is 16.5. The molecule has 18 heavy (non-hydrogen) atoms. The fourth-order valence-corrected chi connectivity index (χ4v) is 3.01. The van der Waals surface area contributed by atoms with E-state index in [1.807, 2.05) is 13.8 Å². The van der Waals surface area contributed by atoms with Crippen molar-refractivity contribution in [1.82, 2.24) is 5.32 Å². The molecule has 0 heterocycles. The van der Waals surface area contributed by atoms with Gasteiger partial charge in [-0.05, 0) is 44.9 Å². The summed E-state index contributed by atoms with van der Waals surface area (Å²) in [5.41, 5.74) is 0. The van der Waals surface area contributed by atoms with Gasteiger partial charge < -0.3 is 10.1 Å². The number of esters is 1. The molecule has 0 aromatic heterocycles. The Bertz CT molecular complexity index is 253. The molecule has 1 aliphatic rings. The van der Waals surface area contributed by atoms with Crippen molar-refractivity contribution >= 4 is 5.97 Å². The van der Waals surface area contributed by atoms with Crippen LogP contribution < -0.4 is 5.32 Å². The van der Waals surface area contributed by atoms with Crippen LogP contribution in [0.25, 0.3) is 0 Å². The molecular formula is C15H29NO2. The number of ether oxygens (including phenoxy) is 1. The number of nitrogens with one attached hydrogen (secondary N) is 1. The van der Waals surface area contributed by atoms with E-state index in [9.17, 15) is 4.79 Å². The Morgan fingerprint density at radius 2 is 2.06 bits per heavy atom. The molecule has 3 heteroatoms. The van der Waals surface area contributed by atoms with E-state index in [1.165, 1.54) is 32.1 Å². The molecule has 3 nitrogen and oxygen atoms in total. The van der Waals surface area contributed by atoms with Crippen LogP contribution in [0.3, 0.4) is 0 Å². The minimum atomic E-state index is -0.173. The van der Waals surface area contributed by atoms with E-state index in [1.54, 1.807) is 0 Å². The van der Waals surface area contributed by atoms with E-state index in [0.717, 1.165) is 11.8 Å². The zero-order valence-electron chi connectivity index (χ0n) is 12.4. The van der Waals surface area contributed by atoms with Crippen LogP contribution in [0, 0.1) is 11.8 Å². The molecule has 0 aromatic carbocycles. The highest BCUT2D eigenvalue weighted by molar-refractivity contribution is 5.75. The van der Waals surface area contributed by atoms with Crippen LogP contribution in [0.2, 0.25) is 0 Å². The van der Waals surface area contributed by atoms with Gasteiger partial charge in [0.05, 0.1) is 6.61 Å². The lowest BCUT2D eigenvalue weighted by molar-refractivity contribution is -0.145. The summed E-state index contributed by atoms with van der Waals surface area (Å²) in [7, 11) is 0. The Morgan fingerprint density at radius 3 is 2.67 bits per heavy atom. The first-order valence-electron chi connectivity index (χ1n) is 7.45. The van der Waals surface area contributed by atoms with E-state index < -0.39 is 0 Å². The van der Waals surface area contributed by atoms with E-state index in [-0.39, 0.29) is 12.0 Å². The summed E-state index contributed by atoms with van der Waals surface area (Å²) in [6, 6.07) is 0.314. The fourth-order valence-electron chi connectivity index (χ4n) is 3.01. The quantitative estimate of drug-likeness (QED) is 0.741. The predicted molar refractivity (Wildman–Crippen MR) is 74.4 cm³/mol. The van der Waals surface area contributed by atoms with Crippen molar-refractivity contribution in [1.29, 1.82) is 0 Å². The standard InChI is InChI=1S/C15H29NO2/c1-5-18-15(17)12(4)16-14-8-6-7-13(10-14)9-11(2)3/h11-14,16H,5-10H2,1-4H3. The van der Waals surface area contributed by atoms with Gasteiger partial charge in [0.1, 0.15) is 6.04 Å². The van der Waals surface area contributed by atoms with Gasteiger partial charge in [-0.1, -0.05) is 26.7 Å². The van der Waals surface area contributed by atoms with Crippen molar-refractivity contribution in [3.63, 3.8) is 0 Å². The van der Waals surface area contributed by atoms with Crippen molar-refractivity contribution in [2.45, 2.75) is 71.9 Å². The molecule has 3 atom stereocenters. The van der Waals surface area contributed by atoms with Gasteiger partial charge in [0.25, 0.3) is 0 Å². The first-order chi connectivity index (χ1) is 8.52. The molecule has 3 unspecified atom stereocenters. The average Bonchev–Trinajstić information content (AvgIpc) is 2.28. The van der Waals surface area contributed by atoms with Gasteiger partial charge in [0, 0.05) is 6.04 Å². The number of carbonyl (C=O) groups is 1. The Labute approximate surface area is 112 Å². The molecule has 0 aliphatic heterocycles. The summed E-state index contributed by atoms with van der Waals surface area (Å²) < 4.78 is 5.04. The maximum absolute atomic E-state index is 11.6. The van der Waals surface area contributed by atoms with Crippen molar-refractivity contribution in [2.75, 3.05) is 6.61 Å². The number of rotatable bonds is 6. The average molecular weight is 255 g/mol. The Balaban J connectivity index is 2.35. The topological polar surface area (TPSA) is 38.3 Å². The molecule has 0 spiro atoms. The largest absolute Gasteiger partial charge is 0.465 e. The maximum atomic E-state index is 11.6. The van der Waals surface area contributed by atoms with Crippen LogP contribution in [0.15, 0.2) is 0 Å². The first-order valence-corrected chi connectivity index (χ1v) is 7.45. The monoisotopic (exact) mass is 255 g/mol.